The van der Waals surface area contributed by atoms with E-state index in [1.54, 1.807) is 24.3 Å². The van der Waals surface area contributed by atoms with Crippen LogP contribution in [-0.2, 0) is 14.3 Å². The summed E-state index contributed by atoms with van der Waals surface area (Å²) in [7, 11) is 0. The Labute approximate surface area is 147 Å². The summed E-state index contributed by atoms with van der Waals surface area (Å²) in [5.41, 5.74) is 0. The zero-order chi connectivity index (χ0) is 17.5. The van der Waals surface area contributed by atoms with E-state index >= 15 is 0 Å². The van der Waals surface area contributed by atoms with Crippen molar-refractivity contribution in [3.63, 3.8) is 0 Å². The Hall–Kier alpha value is -1.75. The number of nitrogens with one attached hydrogen (secondary N) is 1. The number of carbonyl (C=O) groups excluding carboxylic acids is 2. The molecule has 1 aliphatic rings. The van der Waals surface area contributed by atoms with Crippen LogP contribution in [0.4, 0.5) is 0 Å². The van der Waals surface area contributed by atoms with Crippen LogP contribution in [0.15, 0.2) is 24.3 Å². The third-order valence-electron chi connectivity index (χ3n) is 4.59. The normalized spacial score (nSPS) is 23.4. The van der Waals surface area contributed by atoms with Crippen LogP contribution in [0.2, 0.25) is 5.02 Å². The highest BCUT2D eigenvalue weighted by Crippen LogP contribution is 2.29. The molecule has 1 saturated carbocycles. The molecular formula is C18H24ClNO4. The average Bonchev–Trinajstić information content (AvgIpc) is 2.56. The predicted molar refractivity (Wildman–Crippen MR) is 92.0 cm³/mol. The molecule has 5 nitrogen and oxygen atoms in total. The van der Waals surface area contributed by atoms with Gasteiger partial charge in [0.1, 0.15) is 5.75 Å². The SMILES string of the molecule is C[C@H]1[C@@H](NC(=O)COC(=O)COc2ccc(Cl)cc2)CCC[C@@H]1C. The van der Waals surface area contributed by atoms with Gasteiger partial charge in [-0.25, -0.2) is 4.79 Å². The summed E-state index contributed by atoms with van der Waals surface area (Å²) in [5.74, 6) is 0.711. The molecule has 2 rings (SSSR count). The van der Waals surface area contributed by atoms with Gasteiger partial charge in [-0.2, -0.15) is 0 Å². The first-order valence-electron chi connectivity index (χ1n) is 8.29. The molecule has 0 heterocycles. The first kappa shape index (κ1) is 18.6. The maximum Gasteiger partial charge on any atom is 0.344 e. The molecule has 1 amide bonds. The Bertz CT molecular complexity index is 561. The molecule has 24 heavy (non-hydrogen) atoms. The molecule has 1 aliphatic carbocycles. The number of ether oxygens (including phenoxy) is 2. The molecule has 0 aromatic heterocycles. The van der Waals surface area contributed by atoms with E-state index in [0.717, 1.165) is 12.8 Å². The Morgan fingerprint density at radius 1 is 1.17 bits per heavy atom. The molecule has 6 heteroatoms. The van der Waals surface area contributed by atoms with Crippen molar-refractivity contribution < 1.29 is 19.1 Å². The topological polar surface area (TPSA) is 64.6 Å². The number of carbonyl (C=O) groups is 2. The Kier molecular flexibility index (Phi) is 6.91. The Morgan fingerprint density at radius 2 is 1.88 bits per heavy atom. The van der Waals surface area contributed by atoms with E-state index < -0.39 is 5.97 Å². The van der Waals surface area contributed by atoms with E-state index in [0.29, 0.717) is 22.6 Å². The van der Waals surface area contributed by atoms with Crippen LogP contribution in [0.1, 0.15) is 33.1 Å². The number of rotatable bonds is 6. The minimum atomic E-state index is -0.579. The summed E-state index contributed by atoms with van der Waals surface area (Å²) in [4.78, 5) is 23.6. The summed E-state index contributed by atoms with van der Waals surface area (Å²) >= 11 is 5.77. The van der Waals surface area contributed by atoms with Crippen molar-refractivity contribution in [2.45, 2.75) is 39.2 Å². The van der Waals surface area contributed by atoms with E-state index in [-0.39, 0.29) is 25.2 Å². The van der Waals surface area contributed by atoms with Crippen molar-refractivity contribution in [3.8, 4) is 5.75 Å². The van der Waals surface area contributed by atoms with Crippen molar-refractivity contribution in [3.05, 3.63) is 29.3 Å². The van der Waals surface area contributed by atoms with E-state index in [1.165, 1.54) is 6.42 Å². The fourth-order valence-electron chi connectivity index (χ4n) is 2.89. The molecule has 1 fully saturated rings. The van der Waals surface area contributed by atoms with Crippen LogP contribution in [-0.4, -0.2) is 31.1 Å². The third-order valence-corrected chi connectivity index (χ3v) is 4.84. The number of esters is 1. The molecule has 1 aromatic rings. The summed E-state index contributed by atoms with van der Waals surface area (Å²) < 4.78 is 10.2. The van der Waals surface area contributed by atoms with Crippen molar-refractivity contribution in [2.75, 3.05) is 13.2 Å². The van der Waals surface area contributed by atoms with Crippen LogP contribution in [0.3, 0.4) is 0 Å². The minimum Gasteiger partial charge on any atom is -0.482 e. The number of amides is 1. The maximum absolute atomic E-state index is 11.9. The lowest BCUT2D eigenvalue weighted by molar-refractivity contribution is -0.150. The van der Waals surface area contributed by atoms with Crippen molar-refractivity contribution in [1.82, 2.24) is 5.32 Å². The van der Waals surface area contributed by atoms with Gasteiger partial charge in [0.2, 0.25) is 0 Å². The zero-order valence-electron chi connectivity index (χ0n) is 14.1. The second-order valence-electron chi connectivity index (χ2n) is 6.34. The lowest BCUT2D eigenvalue weighted by Gasteiger charge is -2.34. The third kappa shape index (κ3) is 5.71. The largest absolute Gasteiger partial charge is 0.482 e. The van der Waals surface area contributed by atoms with Gasteiger partial charge in [0.05, 0.1) is 0 Å². The average molecular weight is 354 g/mol. The Balaban J connectivity index is 1.67. The standard InChI is InChI=1S/C18H24ClNO4/c1-12-4-3-5-16(13(12)2)20-17(21)10-24-18(22)11-23-15-8-6-14(19)7-9-15/h6-9,12-13,16H,3-5,10-11H2,1-2H3,(H,20,21)/t12-,13+,16-/m0/s1. The fourth-order valence-corrected chi connectivity index (χ4v) is 3.02. The second-order valence-corrected chi connectivity index (χ2v) is 6.78. The highest BCUT2D eigenvalue weighted by Gasteiger charge is 2.28. The summed E-state index contributed by atoms with van der Waals surface area (Å²) in [5, 5.41) is 3.55. The minimum absolute atomic E-state index is 0.158. The molecule has 0 spiro atoms. The molecule has 0 unspecified atom stereocenters. The summed E-state index contributed by atoms with van der Waals surface area (Å²) in [6.07, 6.45) is 3.29. The molecule has 0 aliphatic heterocycles. The van der Waals surface area contributed by atoms with E-state index in [1.807, 2.05) is 0 Å². The number of halogens is 1. The van der Waals surface area contributed by atoms with Crippen molar-refractivity contribution in [1.29, 1.82) is 0 Å². The van der Waals surface area contributed by atoms with Gasteiger partial charge in [-0.1, -0.05) is 38.3 Å². The van der Waals surface area contributed by atoms with Gasteiger partial charge < -0.3 is 14.8 Å². The summed E-state index contributed by atoms with van der Waals surface area (Å²) in [6, 6.07) is 6.82. The van der Waals surface area contributed by atoms with Crippen molar-refractivity contribution in [2.24, 2.45) is 11.8 Å². The molecule has 1 N–H and O–H groups in total. The van der Waals surface area contributed by atoms with Gasteiger partial charge in [-0.3, -0.25) is 4.79 Å². The summed E-state index contributed by atoms with van der Waals surface area (Å²) in [6.45, 7) is 3.84. The number of hydrogen-bond acceptors (Lipinski definition) is 4. The van der Waals surface area contributed by atoms with Crippen molar-refractivity contribution >= 4 is 23.5 Å². The maximum atomic E-state index is 11.9. The van der Waals surface area contributed by atoms with Crippen LogP contribution in [0.25, 0.3) is 0 Å². The highest BCUT2D eigenvalue weighted by molar-refractivity contribution is 6.30. The van der Waals surface area contributed by atoms with Crippen LogP contribution < -0.4 is 10.1 Å². The van der Waals surface area contributed by atoms with Crippen LogP contribution in [0, 0.1) is 11.8 Å². The predicted octanol–water partition coefficient (Wildman–Crippen LogP) is 3.20. The molecule has 1 aromatic carbocycles. The van der Waals surface area contributed by atoms with Gasteiger partial charge in [0.25, 0.3) is 5.91 Å². The smallest absolute Gasteiger partial charge is 0.344 e. The van der Waals surface area contributed by atoms with E-state index in [9.17, 15) is 9.59 Å². The number of hydrogen-bond donors (Lipinski definition) is 1. The van der Waals surface area contributed by atoms with Gasteiger partial charge >= 0.3 is 5.97 Å². The van der Waals surface area contributed by atoms with Gasteiger partial charge in [0, 0.05) is 11.1 Å². The quantitative estimate of drug-likeness (QED) is 0.797. The molecular weight excluding hydrogens is 330 g/mol. The highest BCUT2D eigenvalue weighted by atomic mass is 35.5. The van der Waals surface area contributed by atoms with Crippen LogP contribution in [0.5, 0.6) is 5.75 Å². The van der Waals surface area contributed by atoms with Gasteiger partial charge in [-0.15, -0.1) is 0 Å². The first-order chi connectivity index (χ1) is 11.5. The molecule has 132 valence electrons. The Morgan fingerprint density at radius 3 is 2.58 bits per heavy atom. The van der Waals surface area contributed by atoms with E-state index in [4.69, 9.17) is 21.1 Å². The van der Waals surface area contributed by atoms with Gasteiger partial charge in [-0.05, 0) is 42.5 Å². The number of benzene rings is 1. The second kappa shape index (κ2) is 8.92. The first-order valence-corrected chi connectivity index (χ1v) is 8.67. The molecule has 0 radical (unpaired) electrons. The van der Waals surface area contributed by atoms with E-state index in [2.05, 4.69) is 19.2 Å². The molecule has 0 saturated heterocycles. The van der Waals surface area contributed by atoms with Crippen LogP contribution >= 0.6 is 11.6 Å². The fraction of sp³-hybridized carbons (Fsp3) is 0.556. The molecule has 3 atom stereocenters. The molecule has 0 bridgehead atoms. The van der Waals surface area contributed by atoms with Gasteiger partial charge in [0.15, 0.2) is 13.2 Å². The monoisotopic (exact) mass is 353 g/mol. The lowest BCUT2D eigenvalue weighted by Crippen LogP contribution is -2.45. The lowest BCUT2D eigenvalue weighted by atomic mass is 9.78. The zero-order valence-corrected chi connectivity index (χ0v) is 14.8.